The molecule has 0 fully saturated rings. The van der Waals surface area contributed by atoms with Gasteiger partial charge in [-0.25, -0.2) is 0 Å². The Kier molecular flexibility index (Phi) is 9.50. The third-order valence-corrected chi connectivity index (χ3v) is 7.86. The molecule has 5 nitrogen and oxygen atoms in total. The Hall–Kier alpha value is -1.49. The van der Waals surface area contributed by atoms with Crippen LogP contribution >= 0.6 is 7.60 Å². The molecule has 184 valence electrons. The summed E-state index contributed by atoms with van der Waals surface area (Å²) in [6.07, 6.45) is 0.425. The highest BCUT2D eigenvalue weighted by Crippen LogP contribution is 2.57. The van der Waals surface area contributed by atoms with Gasteiger partial charge in [-0.1, -0.05) is 88.4 Å². The molecular formula is C27H42NO4P. The van der Waals surface area contributed by atoms with E-state index in [1.165, 1.54) is 5.56 Å². The molecule has 0 aliphatic rings. The van der Waals surface area contributed by atoms with Crippen LogP contribution in [0.3, 0.4) is 0 Å². The molecule has 6 heteroatoms. The summed E-state index contributed by atoms with van der Waals surface area (Å²) < 4.78 is 18.8. The lowest BCUT2D eigenvalue weighted by Gasteiger charge is -2.47. The van der Waals surface area contributed by atoms with Crippen molar-refractivity contribution in [2.24, 2.45) is 5.41 Å². The Balaban J connectivity index is 2.50. The minimum Gasteiger partial charge on any atom is -0.323 e. The number of rotatable bonds is 10. The minimum absolute atomic E-state index is 0.158. The van der Waals surface area contributed by atoms with Gasteiger partial charge in [0.05, 0.1) is 6.61 Å². The number of nitrogens with zero attached hydrogens (tertiary/aromatic N) is 1. The quantitative estimate of drug-likeness (QED) is 0.284. The first-order chi connectivity index (χ1) is 15.3. The van der Waals surface area contributed by atoms with Gasteiger partial charge in [0, 0.05) is 5.54 Å². The van der Waals surface area contributed by atoms with E-state index in [1.807, 2.05) is 77.9 Å². The van der Waals surface area contributed by atoms with Gasteiger partial charge in [-0.2, -0.15) is 5.06 Å². The highest BCUT2D eigenvalue weighted by atomic mass is 31.2. The topological polar surface area (TPSA) is 59.0 Å². The first kappa shape index (κ1) is 27.8. The minimum atomic E-state index is -4.02. The molecule has 0 amide bonds. The van der Waals surface area contributed by atoms with E-state index in [-0.39, 0.29) is 18.6 Å². The van der Waals surface area contributed by atoms with Crippen molar-refractivity contribution in [2.45, 2.75) is 85.2 Å². The second kappa shape index (κ2) is 11.3. The normalized spacial score (nSPS) is 17.4. The van der Waals surface area contributed by atoms with Gasteiger partial charge >= 0.3 is 7.60 Å². The molecule has 2 aromatic carbocycles. The maximum atomic E-state index is 13.4. The standard InChI is InChI=1S/C27H42NO4P/c1-9-31-33(29,30)25(26(3,4)5)28(27(6,7)8)32-24(23-18-14-11-15-19-23)20-21(2)22-16-12-10-13-17-22/h10-19,21,24-25H,9,20H2,1-8H3,(H,29,30). The SMILES string of the molecule is CCOP(=O)(O)C(N(OC(CC(C)c1ccccc1)c1ccccc1)C(C)(C)C)C(C)(C)C. The zero-order valence-corrected chi connectivity index (χ0v) is 22.4. The molecule has 2 rings (SSSR count). The van der Waals surface area contributed by atoms with Gasteiger partial charge in [0.25, 0.3) is 0 Å². The summed E-state index contributed by atoms with van der Waals surface area (Å²) in [6, 6.07) is 20.5. The van der Waals surface area contributed by atoms with E-state index in [9.17, 15) is 9.46 Å². The van der Waals surface area contributed by atoms with Crippen LogP contribution in [0.15, 0.2) is 60.7 Å². The molecule has 4 atom stereocenters. The molecule has 0 saturated carbocycles. The fraction of sp³-hybridized carbons (Fsp3) is 0.556. The molecule has 0 aliphatic heterocycles. The molecule has 0 spiro atoms. The van der Waals surface area contributed by atoms with Crippen LogP contribution in [0.1, 0.15) is 85.0 Å². The third kappa shape index (κ3) is 7.77. The van der Waals surface area contributed by atoms with E-state index < -0.39 is 24.3 Å². The maximum absolute atomic E-state index is 13.4. The van der Waals surface area contributed by atoms with Crippen molar-refractivity contribution in [3.63, 3.8) is 0 Å². The van der Waals surface area contributed by atoms with Crippen molar-refractivity contribution >= 4 is 7.60 Å². The predicted octanol–water partition coefficient (Wildman–Crippen LogP) is 7.55. The lowest BCUT2D eigenvalue weighted by molar-refractivity contribution is -0.270. The fourth-order valence-electron chi connectivity index (χ4n) is 4.10. The monoisotopic (exact) mass is 475 g/mol. The van der Waals surface area contributed by atoms with Crippen molar-refractivity contribution in [2.75, 3.05) is 6.61 Å². The molecule has 1 N–H and O–H groups in total. The highest BCUT2D eigenvalue weighted by molar-refractivity contribution is 7.53. The van der Waals surface area contributed by atoms with Gasteiger partial charge in [0.15, 0.2) is 0 Å². The van der Waals surface area contributed by atoms with E-state index in [1.54, 1.807) is 12.0 Å². The summed E-state index contributed by atoms with van der Waals surface area (Å²) in [5, 5.41) is 1.72. The van der Waals surface area contributed by atoms with E-state index >= 15 is 0 Å². The smallest absolute Gasteiger partial charge is 0.323 e. The molecule has 2 aromatic rings. The molecule has 4 unspecified atom stereocenters. The number of hydroxylamine groups is 2. The summed E-state index contributed by atoms with van der Waals surface area (Å²) >= 11 is 0. The second-order valence-electron chi connectivity index (χ2n) is 10.8. The summed E-state index contributed by atoms with van der Waals surface area (Å²) in [5.41, 5.74) is 1.15. The third-order valence-electron chi connectivity index (χ3n) is 5.63. The van der Waals surface area contributed by atoms with Gasteiger partial charge in [0.1, 0.15) is 11.9 Å². The summed E-state index contributed by atoms with van der Waals surface area (Å²) in [5.74, 6) is -0.609. The molecule has 0 heterocycles. The van der Waals surface area contributed by atoms with Crippen molar-refractivity contribution in [3.8, 4) is 0 Å². The molecule has 0 radical (unpaired) electrons. The Morgan fingerprint density at radius 3 is 1.82 bits per heavy atom. The fourth-order valence-corrected chi connectivity index (χ4v) is 6.25. The van der Waals surface area contributed by atoms with E-state index in [2.05, 4.69) is 31.2 Å². The van der Waals surface area contributed by atoms with E-state index in [4.69, 9.17) is 9.36 Å². The number of hydrogen-bond acceptors (Lipinski definition) is 4. The van der Waals surface area contributed by atoms with Crippen LogP contribution in [-0.4, -0.2) is 27.9 Å². The van der Waals surface area contributed by atoms with Gasteiger partial charge in [-0.3, -0.25) is 9.40 Å². The Morgan fingerprint density at radius 2 is 1.39 bits per heavy atom. The number of benzene rings is 2. The van der Waals surface area contributed by atoms with Gasteiger partial charge in [0.2, 0.25) is 0 Å². The maximum Gasteiger partial charge on any atom is 0.348 e. The zero-order chi connectivity index (χ0) is 24.9. The number of hydrogen-bond donors (Lipinski definition) is 1. The van der Waals surface area contributed by atoms with Crippen LogP contribution in [-0.2, 0) is 13.9 Å². The van der Waals surface area contributed by atoms with Crippen molar-refractivity contribution in [1.82, 2.24) is 5.06 Å². The second-order valence-corrected chi connectivity index (χ2v) is 12.6. The summed E-state index contributed by atoms with van der Waals surface area (Å²) in [4.78, 5) is 17.7. The van der Waals surface area contributed by atoms with Crippen LogP contribution in [0.5, 0.6) is 0 Å². The summed E-state index contributed by atoms with van der Waals surface area (Å²) in [7, 11) is -4.02. The van der Waals surface area contributed by atoms with Crippen LogP contribution in [0.4, 0.5) is 0 Å². The molecule has 0 aliphatic carbocycles. The predicted molar refractivity (Wildman–Crippen MR) is 136 cm³/mol. The molecule has 0 saturated heterocycles. The average Bonchev–Trinajstić information content (AvgIpc) is 2.72. The summed E-state index contributed by atoms with van der Waals surface area (Å²) in [6.45, 7) is 15.9. The Labute approximate surface area is 200 Å². The molecule has 0 aromatic heterocycles. The molecule has 0 bridgehead atoms. The van der Waals surface area contributed by atoms with Gasteiger partial charge in [-0.05, 0) is 56.6 Å². The largest absolute Gasteiger partial charge is 0.348 e. The van der Waals surface area contributed by atoms with Crippen LogP contribution in [0.25, 0.3) is 0 Å². The van der Waals surface area contributed by atoms with Crippen LogP contribution < -0.4 is 0 Å². The Bertz CT molecular complexity index is 890. The van der Waals surface area contributed by atoms with E-state index in [0.717, 1.165) is 12.0 Å². The van der Waals surface area contributed by atoms with Crippen molar-refractivity contribution in [3.05, 3.63) is 71.8 Å². The van der Waals surface area contributed by atoms with Crippen molar-refractivity contribution < 1.29 is 18.8 Å². The van der Waals surface area contributed by atoms with E-state index in [0.29, 0.717) is 0 Å². The lowest BCUT2D eigenvalue weighted by Crippen LogP contribution is -2.53. The zero-order valence-electron chi connectivity index (χ0n) is 21.5. The molecular weight excluding hydrogens is 433 g/mol. The first-order valence-corrected chi connectivity index (χ1v) is 13.4. The van der Waals surface area contributed by atoms with Crippen LogP contribution in [0, 0.1) is 5.41 Å². The lowest BCUT2D eigenvalue weighted by atomic mass is 9.92. The average molecular weight is 476 g/mol. The molecule has 33 heavy (non-hydrogen) atoms. The van der Waals surface area contributed by atoms with Crippen LogP contribution in [0.2, 0.25) is 0 Å². The Morgan fingerprint density at radius 1 is 0.909 bits per heavy atom. The first-order valence-electron chi connectivity index (χ1n) is 11.8. The van der Waals surface area contributed by atoms with Gasteiger partial charge < -0.3 is 9.42 Å². The highest BCUT2D eigenvalue weighted by Gasteiger charge is 2.50. The van der Waals surface area contributed by atoms with Crippen molar-refractivity contribution in [1.29, 1.82) is 0 Å². The van der Waals surface area contributed by atoms with Gasteiger partial charge in [-0.15, -0.1) is 0 Å².